The van der Waals surface area contributed by atoms with E-state index in [1.165, 1.54) is 12.2 Å². The lowest BCUT2D eigenvalue weighted by Gasteiger charge is -2.12. The van der Waals surface area contributed by atoms with Crippen LogP contribution in [-0.2, 0) is 4.79 Å². The molecule has 2 rings (SSSR count). The minimum atomic E-state index is -0.745. The normalized spacial score (nSPS) is 24.1. The molecule has 0 amide bonds. The van der Waals surface area contributed by atoms with E-state index in [4.69, 9.17) is 5.26 Å². The summed E-state index contributed by atoms with van der Waals surface area (Å²) >= 11 is 0. The maximum atomic E-state index is 11.4. The monoisotopic (exact) mass is 199 g/mol. The summed E-state index contributed by atoms with van der Waals surface area (Å²) in [6, 6.07) is 8.71. The van der Waals surface area contributed by atoms with Crippen molar-refractivity contribution in [1.82, 2.24) is 0 Å². The molecule has 1 aromatic rings. The minimum Gasteiger partial charge on any atom is -0.388 e. The molecule has 0 fully saturated rings. The highest BCUT2D eigenvalue weighted by molar-refractivity contribution is 5.98. The standard InChI is InChI=1S/C12H9NO2/c13-7-8-1-3-9(4-2-8)12-10(14)5-6-11(12)15/h1-6,10,12,14H/t10-,12+/m0/s1. The number of aliphatic hydroxyl groups excluding tert-OH is 1. The summed E-state index contributed by atoms with van der Waals surface area (Å²) in [5.41, 5.74) is 1.29. The number of rotatable bonds is 1. The Labute approximate surface area is 87.3 Å². The fourth-order valence-electron chi connectivity index (χ4n) is 1.70. The quantitative estimate of drug-likeness (QED) is 0.737. The van der Waals surface area contributed by atoms with Crippen LogP contribution in [0.1, 0.15) is 17.0 Å². The van der Waals surface area contributed by atoms with Crippen LogP contribution in [0.2, 0.25) is 0 Å². The summed E-state index contributed by atoms with van der Waals surface area (Å²) in [5, 5.41) is 18.2. The Hall–Kier alpha value is -1.92. The van der Waals surface area contributed by atoms with E-state index in [2.05, 4.69) is 0 Å². The molecule has 1 aliphatic rings. The molecule has 0 aromatic heterocycles. The third-order valence-corrected chi connectivity index (χ3v) is 2.50. The van der Waals surface area contributed by atoms with Gasteiger partial charge in [0, 0.05) is 0 Å². The first-order valence-corrected chi connectivity index (χ1v) is 4.62. The van der Waals surface area contributed by atoms with Gasteiger partial charge in [0.25, 0.3) is 0 Å². The zero-order valence-electron chi connectivity index (χ0n) is 7.92. The van der Waals surface area contributed by atoms with Gasteiger partial charge in [0.15, 0.2) is 5.78 Å². The smallest absolute Gasteiger partial charge is 0.165 e. The van der Waals surface area contributed by atoms with Gasteiger partial charge in [-0.3, -0.25) is 4.79 Å². The van der Waals surface area contributed by atoms with Crippen molar-refractivity contribution < 1.29 is 9.90 Å². The number of aliphatic hydroxyl groups is 1. The second-order valence-corrected chi connectivity index (χ2v) is 3.46. The van der Waals surface area contributed by atoms with E-state index in [0.717, 1.165) is 5.56 Å². The molecule has 1 aromatic carbocycles. The average molecular weight is 199 g/mol. The van der Waals surface area contributed by atoms with Crippen LogP contribution in [-0.4, -0.2) is 17.0 Å². The van der Waals surface area contributed by atoms with Crippen molar-refractivity contribution in [1.29, 1.82) is 5.26 Å². The number of allylic oxidation sites excluding steroid dienone is 1. The van der Waals surface area contributed by atoms with Gasteiger partial charge in [-0.25, -0.2) is 0 Å². The fourth-order valence-corrected chi connectivity index (χ4v) is 1.70. The summed E-state index contributed by atoms with van der Waals surface area (Å²) in [5.74, 6) is -0.593. The fraction of sp³-hybridized carbons (Fsp3) is 0.167. The van der Waals surface area contributed by atoms with E-state index in [1.807, 2.05) is 6.07 Å². The number of nitrogens with zero attached hydrogens (tertiary/aromatic N) is 1. The van der Waals surface area contributed by atoms with Crippen LogP contribution in [0.3, 0.4) is 0 Å². The van der Waals surface area contributed by atoms with Gasteiger partial charge in [-0.15, -0.1) is 0 Å². The maximum Gasteiger partial charge on any atom is 0.165 e. The third kappa shape index (κ3) is 1.67. The number of hydrogen-bond acceptors (Lipinski definition) is 3. The first-order valence-electron chi connectivity index (χ1n) is 4.62. The highest BCUT2D eigenvalue weighted by atomic mass is 16.3. The zero-order chi connectivity index (χ0) is 10.8. The van der Waals surface area contributed by atoms with Crippen molar-refractivity contribution in [3.63, 3.8) is 0 Å². The molecule has 0 heterocycles. The average Bonchev–Trinajstić information content (AvgIpc) is 2.59. The van der Waals surface area contributed by atoms with Gasteiger partial charge < -0.3 is 5.11 Å². The number of hydrogen-bond donors (Lipinski definition) is 1. The summed E-state index contributed by atoms with van der Waals surface area (Å²) in [6.45, 7) is 0. The number of ketones is 1. The van der Waals surface area contributed by atoms with Crippen molar-refractivity contribution in [2.24, 2.45) is 0 Å². The van der Waals surface area contributed by atoms with Crippen LogP contribution in [0.5, 0.6) is 0 Å². The lowest BCUT2D eigenvalue weighted by atomic mass is 9.93. The largest absolute Gasteiger partial charge is 0.388 e. The van der Waals surface area contributed by atoms with Crippen molar-refractivity contribution in [2.45, 2.75) is 12.0 Å². The topological polar surface area (TPSA) is 61.1 Å². The molecular formula is C12H9NO2. The number of carbonyl (C=O) groups excluding carboxylic acids is 1. The first-order chi connectivity index (χ1) is 7.22. The third-order valence-electron chi connectivity index (χ3n) is 2.50. The molecule has 0 saturated carbocycles. The van der Waals surface area contributed by atoms with Crippen molar-refractivity contribution >= 4 is 5.78 Å². The van der Waals surface area contributed by atoms with Gasteiger partial charge in [0.2, 0.25) is 0 Å². The molecule has 0 saturated heterocycles. The Kier molecular flexibility index (Phi) is 2.36. The molecule has 0 bridgehead atoms. The lowest BCUT2D eigenvalue weighted by molar-refractivity contribution is -0.116. The minimum absolute atomic E-state index is 0.0905. The molecule has 3 nitrogen and oxygen atoms in total. The Morgan fingerprint density at radius 2 is 1.93 bits per heavy atom. The van der Waals surface area contributed by atoms with Gasteiger partial charge in [0.1, 0.15) is 0 Å². The van der Waals surface area contributed by atoms with Crippen LogP contribution in [0, 0.1) is 11.3 Å². The van der Waals surface area contributed by atoms with Crippen molar-refractivity contribution in [2.75, 3.05) is 0 Å². The molecule has 0 radical (unpaired) electrons. The van der Waals surface area contributed by atoms with Crippen LogP contribution in [0.25, 0.3) is 0 Å². The van der Waals surface area contributed by atoms with Crippen LogP contribution >= 0.6 is 0 Å². The van der Waals surface area contributed by atoms with Gasteiger partial charge in [-0.05, 0) is 23.8 Å². The highest BCUT2D eigenvalue weighted by Crippen LogP contribution is 2.27. The van der Waals surface area contributed by atoms with Gasteiger partial charge in [-0.1, -0.05) is 18.2 Å². The molecule has 15 heavy (non-hydrogen) atoms. The van der Waals surface area contributed by atoms with Crippen molar-refractivity contribution in [3.05, 3.63) is 47.5 Å². The molecular weight excluding hydrogens is 190 g/mol. The second kappa shape index (κ2) is 3.68. The molecule has 0 unspecified atom stereocenters. The zero-order valence-corrected chi connectivity index (χ0v) is 7.92. The Morgan fingerprint density at radius 3 is 2.40 bits per heavy atom. The molecule has 3 heteroatoms. The predicted molar refractivity (Wildman–Crippen MR) is 54.1 cm³/mol. The highest BCUT2D eigenvalue weighted by Gasteiger charge is 2.29. The van der Waals surface area contributed by atoms with Gasteiger partial charge >= 0.3 is 0 Å². The Bertz CT molecular complexity index is 454. The van der Waals surface area contributed by atoms with Crippen LogP contribution < -0.4 is 0 Å². The SMILES string of the molecule is N#Cc1ccc([C@H]2C(=O)C=C[C@@H]2O)cc1. The molecule has 0 spiro atoms. The van der Waals surface area contributed by atoms with Crippen molar-refractivity contribution in [3.8, 4) is 6.07 Å². The van der Waals surface area contributed by atoms with Crippen LogP contribution in [0.15, 0.2) is 36.4 Å². The molecule has 0 aliphatic heterocycles. The first kappa shape index (κ1) is 9.63. The molecule has 74 valence electrons. The lowest BCUT2D eigenvalue weighted by Crippen LogP contribution is -2.17. The Balaban J connectivity index is 2.31. The summed E-state index contributed by atoms with van der Waals surface area (Å²) in [6.07, 6.45) is 2.14. The number of benzene rings is 1. The van der Waals surface area contributed by atoms with E-state index in [1.54, 1.807) is 24.3 Å². The number of carbonyl (C=O) groups is 1. The molecule has 1 aliphatic carbocycles. The molecule has 1 N–H and O–H groups in total. The summed E-state index contributed by atoms with van der Waals surface area (Å²) < 4.78 is 0. The summed E-state index contributed by atoms with van der Waals surface area (Å²) in [4.78, 5) is 11.4. The van der Waals surface area contributed by atoms with E-state index >= 15 is 0 Å². The van der Waals surface area contributed by atoms with E-state index in [-0.39, 0.29) is 5.78 Å². The van der Waals surface area contributed by atoms with E-state index in [0.29, 0.717) is 5.56 Å². The van der Waals surface area contributed by atoms with E-state index in [9.17, 15) is 9.90 Å². The Morgan fingerprint density at radius 1 is 1.27 bits per heavy atom. The van der Waals surface area contributed by atoms with Gasteiger partial charge in [0.05, 0.1) is 23.7 Å². The predicted octanol–water partition coefficient (Wildman–Crippen LogP) is 1.14. The maximum absolute atomic E-state index is 11.4. The molecule has 2 atom stereocenters. The van der Waals surface area contributed by atoms with Crippen LogP contribution in [0.4, 0.5) is 0 Å². The number of nitriles is 1. The van der Waals surface area contributed by atoms with Gasteiger partial charge in [-0.2, -0.15) is 5.26 Å². The second-order valence-electron chi connectivity index (χ2n) is 3.46. The summed E-state index contributed by atoms with van der Waals surface area (Å²) in [7, 11) is 0. The van der Waals surface area contributed by atoms with E-state index < -0.39 is 12.0 Å².